The average Bonchev–Trinajstić information content (AvgIpc) is 2.78. The van der Waals surface area contributed by atoms with Crippen molar-refractivity contribution in [2.24, 2.45) is 0 Å². The largest absolute Gasteiger partial charge is 0.491 e. The number of piperidine rings is 1. The maximum Gasteiger partial charge on any atom is 0.253 e. The highest BCUT2D eigenvalue weighted by molar-refractivity contribution is 5.94. The van der Waals surface area contributed by atoms with Gasteiger partial charge in [0.2, 0.25) is 0 Å². The van der Waals surface area contributed by atoms with E-state index in [0.29, 0.717) is 19.7 Å². The van der Waals surface area contributed by atoms with Gasteiger partial charge in [-0.3, -0.25) is 9.69 Å². The van der Waals surface area contributed by atoms with Crippen LogP contribution in [0, 0.1) is 6.92 Å². The molecule has 1 aromatic rings. The number of ether oxygens (including phenoxy) is 4. The Hall–Kier alpha value is -1.67. The first-order valence-corrected chi connectivity index (χ1v) is 12.4. The molecule has 0 aromatic heterocycles. The van der Waals surface area contributed by atoms with Crippen LogP contribution >= 0.6 is 0 Å². The molecule has 0 saturated carbocycles. The molecule has 2 aliphatic heterocycles. The standard InChI is InChI=1S/C26H42N2O5/c1-6-14-31-15-13-27-17-23(18-30-5)33-26(19-27)9-11-28(12-10-26)25(29)22-7-8-24(21(4)16-22)32-20(2)3/h7-8,16,20,23H,6,9-15,17-19H2,1-5H3. The van der Waals surface area contributed by atoms with Crippen molar-refractivity contribution in [2.45, 2.75) is 64.8 Å². The van der Waals surface area contributed by atoms with E-state index in [4.69, 9.17) is 18.9 Å². The van der Waals surface area contributed by atoms with Crippen LogP contribution < -0.4 is 4.74 Å². The summed E-state index contributed by atoms with van der Waals surface area (Å²) >= 11 is 0. The molecule has 0 N–H and O–H groups in total. The van der Waals surface area contributed by atoms with Crippen LogP contribution in [0.25, 0.3) is 0 Å². The fourth-order valence-electron chi connectivity index (χ4n) is 4.82. The first kappa shape index (κ1) is 25.9. The van der Waals surface area contributed by atoms with Gasteiger partial charge < -0.3 is 23.8 Å². The Morgan fingerprint density at radius 3 is 2.64 bits per heavy atom. The molecule has 33 heavy (non-hydrogen) atoms. The predicted molar refractivity (Wildman–Crippen MR) is 129 cm³/mol. The number of benzene rings is 1. The second kappa shape index (κ2) is 12.2. The third kappa shape index (κ3) is 7.15. The van der Waals surface area contributed by atoms with Gasteiger partial charge in [-0.05, 0) is 63.8 Å². The molecule has 2 aliphatic rings. The van der Waals surface area contributed by atoms with Crippen LogP contribution in [0.4, 0.5) is 0 Å². The average molecular weight is 463 g/mol. The van der Waals surface area contributed by atoms with E-state index >= 15 is 0 Å². The van der Waals surface area contributed by atoms with E-state index in [1.807, 2.05) is 43.9 Å². The molecule has 0 aliphatic carbocycles. The summed E-state index contributed by atoms with van der Waals surface area (Å²) in [6.07, 6.45) is 2.86. The van der Waals surface area contributed by atoms with E-state index in [1.54, 1.807) is 7.11 Å². The molecule has 0 bridgehead atoms. The lowest BCUT2D eigenvalue weighted by Crippen LogP contribution is -2.61. The molecule has 1 aromatic carbocycles. The van der Waals surface area contributed by atoms with Gasteiger partial charge >= 0.3 is 0 Å². The normalized spacial score (nSPS) is 21.0. The lowest BCUT2D eigenvalue weighted by atomic mass is 9.88. The maximum absolute atomic E-state index is 13.2. The maximum atomic E-state index is 13.2. The van der Waals surface area contributed by atoms with Crippen molar-refractivity contribution in [3.63, 3.8) is 0 Å². The summed E-state index contributed by atoms with van der Waals surface area (Å²) in [6.45, 7) is 14.3. The van der Waals surface area contributed by atoms with Crippen LogP contribution in [0.1, 0.15) is 56.0 Å². The minimum Gasteiger partial charge on any atom is -0.491 e. The summed E-state index contributed by atoms with van der Waals surface area (Å²) in [6, 6.07) is 5.72. The Morgan fingerprint density at radius 1 is 1.24 bits per heavy atom. The number of methoxy groups -OCH3 is 1. The molecule has 1 amide bonds. The zero-order valence-electron chi connectivity index (χ0n) is 21.1. The van der Waals surface area contributed by atoms with Gasteiger partial charge in [-0.2, -0.15) is 0 Å². The van der Waals surface area contributed by atoms with Crippen molar-refractivity contribution in [1.82, 2.24) is 9.80 Å². The molecule has 2 heterocycles. The van der Waals surface area contributed by atoms with Gasteiger partial charge in [0.25, 0.3) is 5.91 Å². The number of likely N-dealkylation sites (tertiary alicyclic amines) is 1. The van der Waals surface area contributed by atoms with E-state index in [9.17, 15) is 4.79 Å². The van der Waals surface area contributed by atoms with Crippen molar-refractivity contribution < 1.29 is 23.7 Å². The Balaban J connectivity index is 1.60. The van der Waals surface area contributed by atoms with Gasteiger partial charge in [0, 0.05) is 52.0 Å². The topological polar surface area (TPSA) is 60.5 Å². The van der Waals surface area contributed by atoms with Crippen LogP contribution in [0.5, 0.6) is 5.75 Å². The summed E-state index contributed by atoms with van der Waals surface area (Å²) in [5, 5.41) is 0. The molecule has 186 valence electrons. The molecule has 1 spiro atoms. The van der Waals surface area contributed by atoms with Gasteiger partial charge in [-0.15, -0.1) is 0 Å². The summed E-state index contributed by atoms with van der Waals surface area (Å²) in [7, 11) is 1.72. The summed E-state index contributed by atoms with van der Waals surface area (Å²) < 4.78 is 23.5. The van der Waals surface area contributed by atoms with E-state index in [1.165, 1.54) is 0 Å². The lowest BCUT2D eigenvalue weighted by molar-refractivity contribution is -0.186. The van der Waals surface area contributed by atoms with E-state index in [0.717, 1.165) is 69.0 Å². The van der Waals surface area contributed by atoms with Gasteiger partial charge in [0.05, 0.1) is 31.0 Å². The molecular formula is C26H42N2O5. The molecule has 2 saturated heterocycles. The number of hydrogen-bond donors (Lipinski definition) is 0. The first-order chi connectivity index (χ1) is 15.9. The van der Waals surface area contributed by atoms with Crippen LogP contribution in [-0.2, 0) is 14.2 Å². The highest BCUT2D eigenvalue weighted by Crippen LogP contribution is 2.33. The molecule has 7 heteroatoms. The number of amides is 1. The molecule has 1 atom stereocenters. The smallest absolute Gasteiger partial charge is 0.253 e. The lowest BCUT2D eigenvalue weighted by Gasteiger charge is -2.50. The second-order valence-corrected chi connectivity index (χ2v) is 9.66. The SMILES string of the molecule is CCCOCCN1CC(COC)OC2(CCN(C(=O)c3ccc(OC(C)C)c(C)c3)CC2)C1. The highest BCUT2D eigenvalue weighted by atomic mass is 16.5. The summed E-state index contributed by atoms with van der Waals surface area (Å²) in [5.74, 6) is 0.917. The molecule has 0 radical (unpaired) electrons. The Bertz CT molecular complexity index is 761. The van der Waals surface area contributed by atoms with Crippen LogP contribution in [-0.4, -0.2) is 93.2 Å². The third-order valence-corrected chi connectivity index (χ3v) is 6.39. The molecular weight excluding hydrogens is 420 g/mol. The zero-order chi connectivity index (χ0) is 23.8. The zero-order valence-corrected chi connectivity index (χ0v) is 21.1. The second-order valence-electron chi connectivity index (χ2n) is 9.66. The van der Waals surface area contributed by atoms with Crippen LogP contribution in [0.3, 0.4) is 0 Å². The Kier molecular flexibility index (Phi) is 9.56. The number of nitrogens with zero attached hydrogens (tertiary/aromatic N) is 2. The Labute approximate surface area is 199 Å². The summed E-state index contributed by atoms with van der Waals surface area (Å²) in [5.41, 5.74) is 1.48. The summed E-state index contributed by atoms with van der Waals surface area (Å²) in [4.78, 5) is 17.6. The monoisotopic (exact) mass is 462 g/mol. The molecule has 1 unspecified atom stereocenters. The van der Waals surface area contributed by atoms with Gasteiger partial charge in [0.15, 0.2) is 0 Å². The Morgan fingerprint density at radius 2 is 2.00 bits per heavy atom. The van der Waals surface area contributed by atoms with Crippen LogP contribution in [0.2, 0.25) is 0 Å². The number of carbonyl (C=O) groups is 1. The van der Waals surface area contributed by atoms with Crippen molar-refractivity contribution in [1.29, 1.82) is 0 Å². The van der Waals surface area contributed by atoms with E-state index in [2.05, 4.69) is 11.8 Å². The number of carbonyl (C=O) groups excluding carboxylic acids is 1. The molecule has 7 nitrogen and oxygen atoms in total. The fourth-order valence-corrected chi connectivity index (χ4v) is 4.82. The molecule has 2 fully saturated rings. The van der Waals surface area contributed by atoms with Crippen LogP contribution in [0.15, 0.2) is 18.2 Å². The van der Waals surface area contributed by atoms with Crippen molar-refractivity contribution in [3.8, 4) is 5.75 Å². The molecule has 3 rings (SSSR count). The third-order valence-electron chi connectivity index (χ3n) is 6.39. The highest BCUT2D eigenvalue weighted by Gasteiger charge is 2.43. The number of morpholine rings is 1. The van der Waals surface area contributed by atoms with Crippen molar-refractivity contribution in [3.05, 3.63) is 29.3 Å². The van der Waals surface area contributed by atoms with E-state index < -0.39 is 0 Å². The van der Waals surface area contributed by atoms with Crippen molar-refractivity contribution >= 4 is 5.91 Å². The quantitative estimate of drug-likeness (QED) is 0.496. The first-order valence-electron chi connectivity index (χ1n) is 12.4. The minimum atomic E-state index is -0.228. The number of hydrogen-bond acceptors (Lipinski definition) is 6. The predicted octanol–water partition coefficient (Wildman–Crippen LogP) is 3.53. The van der Waals surface area contributed by atoms with Gasteiger partial charge in [-0.25, -0.2) is 0 Å². The van der Waals surface area contributed by atoms with E-state index in [-0.39, 0.29) is 23.7 Å². The number of rotatable bonds is 10. The van der Waals surface area contributed by atoms with Gasteiger partial charge in [-0.1, -0.05) is 6.92 Å². The van der Waals surface area contributed by atoms with Crippen molar-refractivity contribution in [2.75, 3.05) is 59.7 Å². The fraction of sp³-hybridized carbons (Fsp3) is 0.731. The van der Waals surface area contributed by atoms with Gasteiger partial charge in [0.1, 0.15) is 5.75 Å². The minimum absolute atomic E-state index is 0.0494. The number of aryl methyl sites for hydroxylation is 1.